The van der Waals surface area contributed by atoms with Crippen molar-refractivity contribution in [2.75, 3.05) is 18.4 Å². The fourth-order valence-corrected chi connectivity index (χ4v) is 5.47. The summed E-state index contributed by atoms with van der Waals surface area (Å²) in [5.41, 5.74) is 0.531. The fourth-order valence-electron chi connectivity index (χ4n) is 5.34. The van der Waals surface area contributed by atoms with E-state index < -0.39 is 41.1 Å². The van der Waals surface area contributed by atoms with Crippen molar-refractivity contribution in [3.8, 4) is 0 Å². The maximum atomic E-state index is 13.6. The number of ether oxygens (including phenoxy) is 1. The summed E-state index contributed by atoms with van der Waals surface area (Å²) in [7, 11) is 0. The molecule has 3 amide bonds. The highest BCUT2D eigenvalue weighted by atomic mass is 35.5. The molecule has 9 nitrogen and oxygen atoms in total. The number of benzene rings is 2. The van der Waals surface area contributed by atoms with Crippen LogP contribution in [0.15, 0.2) is 42.5 Å². The molecule has 2 aromatic carbocycles. The van der Waals surface area contributed by atoms with E-state index in [1.807, 2.05) is 4.57 Å². The summed E-state index contributed by atoms with van der Waals surface area (Å²) in [4.78, 5) is 45.9. The molecule has 46 heavy (non-hydrogen) atoms. The molecular formula is C33H41ClF3N5O4. The third-order valence-electron chi connectivity index (χ3n) is 8.08. The minimum absolute atomic E-state index is 0.217. The Bertz CT molecular complexity index is 1590. The van der Waals surface area contributed by atoms with Crippen molar-refractivity contribution in [1.29, 1.82) is 0 Å². The van der Waals surface area contributed by atoms with Gasteiger partial charge in [-0.2, -0.15) is 13.2 Å². The number of likely N-dealkylation sites (tertiary alicyclic amines) is 1. The van der Waals surface area contributed by atoms with E-state index >= 15 is 0 Å². The highest BCUT2D eigenvalue weighted by Crippen LogP contribution is 2.34. The van der Waals surface area contributed by atoms with E-state index in [2.05, 4.69) is 5.32 Å². The zero-order valence-corrected chi connectivity index (χ0v) is 27.9. The zero-order valence-electron chi connectivity index (χ0n) is 27.2. The number of rotatable bonds is 6. The molecule has 0 radical (unpaired) electrons. The summed E-state index contributed by atoms with van der Waals surface area (Å²) in [6.07, 6.45) is -4.14. The molecule has 3 aromatic rings. The summed E-state index contributed by atoms with van der Waals surface area (Å²) in [6, 6.07) is 10.3. The number of halogens is 4. The number of imidazole rings is 1. The highest BCUT2D eigenvalue weighted by molar-refractivity contribution is 6.30. The molecule has 1 aliphatic rings. The third-order valence-corrected chi connectivity index (χ3v) is 8.33. The van der Waals surface area contributed by atoms with Gasteiger partial charge < -0.3 is 19.1 Å². The Morgan fingerprint density at radius 2 is 1.72 bits per heavy atom. The largest absolute Gasteiger partial charge is 0.471 e. The number of nitrogens with zero attached hydrogens (tertiary/aromatic N) is 4. The van der Waals surface area contributed by atoms with Gasteiger partial charge in [-0.3, -0.25) is 14.9 Å². The number of aromatic nitrogens is 2. The predicted molar refractivity (Wildman–Crippen MR) is 171 cm³/mol. The van der Waals surface area contributed by atoms with Crippen LogP contribution in [0.5, 0.6) is 0 Å². The van der Waals surface area contributed by atoms with Crippen LogP contribution >= 0.6 is 11.6 Å². The molecule has 0 bridgehead atoms. The summed E-state index contributed by atoms with van der Waals surface area (Å²) in [5, 5.41) is 3.35. The molecule has 1 N–H and O–H groups in total. The number of anilines is 1. The number of carbonyl (C=O) groups is 3. The van der Waals surface area contributed by atoms with Crippen molar-refractivity contribution in [3.05, 3.63) is 58.6 Å². The fraction of sp³-hybridized carbons (Fsp3) is 0.515. The van der Waals surface area contributed by atoms with E-state index in [-0.39, 0.29) is 18.5 Å². The average molecular weight is 664 g/mol. The van der Waals surface area contributed by atoms with Crippen LogP contribution in [0.1, 0.15) is 83.3 Å². The minimum atomic E-state index is -5.04. The van der Waals surface area contributed by atoms with Crippen LogP contribution in [0.25, 0.3) is 11.0 Å². The number of hydrogen-bond donors (Lipinski definition) is 1. The number of piperidine rings is 1. The lowest BCUT2D eigenvalue weighted by atomic mass is 9.86. The smallest absolute Gasteiger partial charge is 0.444 e. The number of amides is 3. The second-order valence-corrected chi connectivity index (χ2v) is 14.2. The van der Waals surface area contributed by atoms with Gasteiger partial charge in [-0.05, 0) is 87.9 Å². The number of hydrogen-bond acceptors (Lipinski definition) is 5. The second-order valence-electron chi connectivity index (χ2n) is 13.8. The van der Waals surface area contributed by atoms with Crippen LogP contribution in [-0.4, -0.2) is 68.2 Å². The SMILES string of the molecule is CC(N(Cc1ccc2c(c1)nc(NC(=O)c1ccc(Cl)cc1)n2C1CCCN(C(=O)OC(C)(C)C)C1)C(=O)C(F)(F)F)C(C)(C)C. The highest BCUT2D eigenvalue weighted by Gasteiger charge is 2.45. The lowest BCUT2D eigenvalue weighted by Gasteiger charge is -2.38. The van der Waals surface area contributed by atoms with Crippen molar-refractivity contribution in [2.24, 2.45) is 5.41 Å². The van der Waals surface area contributed by atoms with E-state index in [0.29, 0.717) is 53.1 Å². The lowest BCUT2D eigenvalue weighted by Crippen LogP contribution is -2.50. The van der Waals surface area contributed by atoms with Gasteiger partial charge >= 0.3 is 18.2 Å². The molecule has 1 saturated heterocycles. The Labute approximate surface area is 272 Å². The topological polar surface area (TPSA) is 96.8 Å². The molecule has 2 atom stereocenters. The summed E-state index contributed by atoms with van der Waals surface area (Å²) >= 11 is 6.00. The Balaban J connectivity index is 1.74. The maximum Gasteiger partial charge on any atom is 0.471 e. The van der Waals surface area contributed by atoms with Crippen LogP contribution in [0, 0.1) is 5.41 Å². The van der Waals surface area contributed by atoms with Crippen molar-refractivity contribution in [1.82, 2.24) is 19.4 Å². The van der Waals surface area contributed by atoms with Crippen LogP contribution in [0.4, 0.5) is 23.9 Å². The van der Waals surface area contributed by atoms with Crippen molar-refractivity contribution in [3.63, 3.8) is 0 Å². The van der Waals surface area contributed by atoms with Crippen LogP contribution in [-0.2, 0) is 16.1 Å². The van der Waals surface area contributed by atoms with E-state index in [1.165, 1.54) is 0 Å². The van der Waals surface area contributed by atoms with Crippen LogP contribution < -0.4 is 5.32 Å². The van der Waals surface area contributed by atoms with Crippen LogP contribution in [0.3, 0.4) is 0 Å². The first-order chi connectivity index (χ1) is 21.2. The standard InChI is InChI=1S/C33H41ClF3N5O4/c1-20(31(2,3)4)41(28(44)33(35,36)37)18-21-10-15-26-25(17-21)38-29(39-27(43)22-11-13-23(34)14-12-22)42(26)24-9-8-16-40(19-24)30(45)46-32(5,6)7/h10-15,17,20,24H,8-9,16,18-19H2,1-7H3,(H,38,39,43). The average Bonchev–Trinajstić information content (AvgIpc) is 3.30. The zero-order chi connectivity index (χ0) is 34.2. The Kier molecular flexibility index (Phi) is 10.0. The van der Waals surface area contributed by atoms with Gasteiger partial charge in [-0.25, -0.2) is 9.78 Å². The molecule has 4 rings (SSSR count). The molecule has 0 saturated carbocycles. The summed E-state index contributed by atoms with van der Waals surface area (Å²) < 4.78 is 48.4. The van der Waals surface area contributed by atoms with Gasteiger partial charge in [0.1, 0.15) is 5.60 Å². The number of nitrogens with one attached hydrogen (secondary N) is 1. The van der Waals surface area contributed by atoms with E-state index in [4.69, 9.17) is 21.3 Å². The van der Waals surface area contributed by atoms with Gasteiger partial charge in [0, 0.05) is 36.3 Å². The molecule has 1 aromatic heterocycles. The maximum absolute atomic E-state index is 13.6. The quantitative estimate of drug-likeness (QED) is 0.290. The van der Waals surface area contributed by atoms with Gasteiger partial charge in [-0.15, -0.1) is 0 Å². The van der Waals surface area contributed by atoms with E-state index in [1.54, 1.807) is 95.8 Å². The summed E-state index contributed by atoms with van der Waals surface area (Å²) in [5.74, 6) is -2.13. The minimum Gasteiger partial charge on any atom is -0.444 e. The number of carbonyl (C=O) groups excluding carboxylic acids is 3. The Morgan fingerprint density at radius 3 is 2.30 bits per heavy atom. The normalized spacial score (nSPS) is 16.7. The van der Waals surface area contributed by atoms with E-state index in [9.17, 15) is 27.6 Å². The Morgan fingerprint density at radius 1 is 1.07 bits per heavy atom. The first kappa shape index (κ1) is 35.1. The van der Waals surface area contributed by atoms with Gasteiger partial charge in [0.15, 0.2) is 0 Å². The first-order valence-corrected chi connectivity index (χ1v) is 15.6. The molecule has 1 aliphatic heterocycles. The van der Waals surface area contributed by atoms with Gasteiger partial charge in [0.05, 0.1) is 17.1 Å². The first-order valence-electron chi connectivity index (χ1n) is 15.2. The Hall–Kier alpha value is -3.80. The van der Waals surface area contributed by atoms with E-state index in [0.717, 1.165) is 4.90 Å². The van der Waals surface area contributed by atoms with Crippen molar-refractivity contribution >= 4 is 46.5 Å². The third kappa shape index (κ3) is 8.31. The molecule has 0 spiro atoms. The number of alkyl halides is 3. The monoisotopic (exact) mass is 663 g/mol. The predicted octanol–water partition coefficient (Wildman–Crippen LogP) is 7.84. The molecule has 2 unspecified atom stereocenters. The van der Waals surface area contributed by atoms with Crippen molar-refractivity contribution in [2.45, 2.75) is 91.7 Å². The molecule has 13 heteroatoms. The molecule has 250 valence electrons. The molecule has 2 heterocycles. The number of fused-ring (bicyclic) bond motifs is 1. The summed E-state index contributed by atoms with van der Waals surface area (Å²) in [6.45, 7) is 12.8. The van der Waals surface area contributed by atoms with Crippen LogP contribution in [0.2, 0.25) is 5.02 Å². The lowest BCUT2D eigenvalue weighted by molar-refractivity contribution is -0.190. The molecule has 0 aliphatic carbocycles. The van der Waals surface area contributed by atoms with Gasteiger partial charge in [0.2, 0.25) is 5.95 Å². The van der Waals surface area contributed by atoms with Gasteiger partial charge in [0.25, 0.3) is 5.91 Å². The van der Waals surface area contributed by atoms with Crippen molar-refractivity contribution < 1.29 is 32.3 Å². The van der Waals surface area contributed by atoms with Gasteiger partial charge in [-0.1, -0.05) is 38.4 Å². The molecular weight excluding hydrogens is 623 g/mol. The second kappa shape index (κ2) is 13.1. The molecule has 1 fully saturated rings.